The second-order valence-electron chi connectivity index (χ2n) is 9.31. The van der Waals surface area contributed by atoms with Crippen LogP contribution in [0.15, 0.2) is 11.6 Å². The Morgan fingerprint density at radius 3 is 2.50 bits per heavy atom. The van der Waals surface area contributed by atoms with Gasteiger partial charge in [0.05, 0.1) is 12.2 Å². The number of allylic oxidation sites excluding steroid dienone is 1. The molecule has 3 aliphatic rings. The minimum atomic E-state index is -0.883. The van der Waals surface area contributed by atoms with Crippen molar-refractivity contribution in [3.05, 3.63) is 11.6 Å². The van der Waals surface area contributed by atoms with E-state index in [1.807, 2.05) is 0 Å². The summed E-state index contributed by atoms with van der Waals surface area (Å²) in [6, 6.07) is 0. The first-order valence-corrected chi connectivity index (χ1v) is 9.38. The zero-order chi connectivity index (χ0) is 17.9. The predicted molar refractivity (Wildman–Crippen MR) is 92.3 cm³/mol. The number of carboxylic acid groups (broad SMARTS) is 1. The van der Waals surface area contributed by atoms with Gasteiger partial charge in [0.25, 0.3) is 0 Å². The highest BCUT2D eigenvalue weighted by atomic mass is 16.4. The second kappa shape index (κ2) is 5.84. The zero-order valence-electron chi connectivity index (χ0n) is 15.3. The van der Waals surface area contributed by atoms with E-state index in [1.54, 1.807) is 0 Å². The van der Waals surface area contributed by atoms with Gasteiger partial charge in [0.15, 0.2) is 0 Å². The first-order valence-electron chi connectivity index (χ1n) is 9.38. The van der Waals surface area contributed by atoms with Crippen molar-refractivity contribution in [1.29, 1.82) is 0 Å². The van der Waals surface area contributed by atoms with E-state index < -0.39 is 12.1 Å². The summed E-state index contributed by atoms with van der Waals surface area (Å²) in [5, 5.41) is 30.6. The smallest absolute Gasteiger partial charge is 0.328 e. The molecule has 0 aromatic heterocycles. The number of aliphatic hydroxyl groups is 2. The Labute approximate surface area is 145 Å². The molecule has 0 heterocycles. The van der Waals surface area contributed by atoms with Crippen LogP contribution in [0.5, 0.6) is 0 Å². The number of carbonyl (C=O) groups is 1. The molecule has 136 valence electrons. The molecule has 3 fully saturated rings. The van der Waals surface area contributed by atoms with E-state index in [-0.39, 0.29) is 28.8 Å². The van der Waals surface area contributed by atoms with Gasteiger partial charge in [-0.15, -0.1) is 0 Å². The van der Waals surface area contributed by atoms with Gasteiger partial charge in [-0.3, -0.25) is 0 Å². The molecular weight excluding hydrogens is 304 g/mol. The van der Waals surface area contributed by atoms with Crippen molar-refractivity contribution < 1.29 is 20.1 Å². The van der Waals surface area contributed by atoms with Crippen LogP contribution < -0.4 is 0 Å². The van der Waals surface area contributed by atoms with Crippen LogP contribution in [0.25, 0.3) is 0 Å². The zero-order valence-corrected chi connectivity index (χ0v) is 15.3. The molecule has 0 saturated heterocycles. The summed E-state index contributed by atoms with van der Waals surface area (Å²) >= 11 is 0. The first kappa shape index (κ1) is 17.9. The summed E-state index contributed by atoms with van der Waals surface area (Å²) in [5.41, 5.74) is 0.912. The van der Waals surface area contributed by atoms with Gasteiger partial charge in [-0.25, -0.2) is 4.79 Å². The van der Waals surface area contributed by atoms with Crippen molar-refractivity contribution in [1.82, 2.24) is 0 Å². The van der Waals surface area contributed by atoms with E-state index in [2.05, 4.69) is 27.7 Å². The van der Waals surface area contributed by atoms with Gasteiger partial charge >= 0.3 is 5.97 Å². The Morgan fingerprint density at radius 2 is 1.88 bits per heavy atom. The Morgan fingerprint density at radius 1 is 1.21 bits per heavy atom. The van der Waals surface area contributed by atoms with Crippen molar-refractivity contribution in [2.45, 2.75) is 72.0 Å². The maximum absolute atomic E-state index is 11.1. The van der Waals surface area contributed by atoms with Gasteiger partial charge in [0.2, 0.25) is 0 Å². The summed E-state index contributed by atoms with van der Waals surface area (Å²) in [5.74, 6) is 0.0759. The molecule has 3 N–H and O–H groups in total. The largest absolute Gasteiger partial charge is 0.478 e. The molecule has 7 atom stereocenters. The molecule has 0 amide bonds. The lowest BCUT2D eigenvalue weighted by atomic mass is 9.42. The Kier molecular flexibility index (Phi) is 4.37. The molecule has 0 radical (unpaired) electrons. The number of aliphatic carboxylic acids is 1. The molecular formula is C20H32O4. The minimum absolute atomic E-state index is 0.114. The van der Waals surface area contributed by atoms with Gasteiger partial charge in [-0.05, 0) is 66.6 Å². The fourth-order valence-corrected chi connectivity index (χ4v) is 6.56. The molecule has 3 rings (SSSR count). The summed E-state index contributed by atoms with van der Waals surface area (Å²) in [6.07, 6.45) is 4.94. The summed E-state index contributed by atoms with van der Waals surface area (Å²) in [4.78, 5) is 11.1. The average Bonchev–Trinajstić information content (AvgIpc) is 2.48. The maximum Gasteiger partial charge on any atom is 0.328 e. The predicted octanol–water partition coefficient (Wildman–Crippen LogP) is 3.23. The van der Waals surface area contributed by atoms with Crippen molar-refractivity contribution in [2.24, 2.45) is 34.5 Å². The Balaban J connectivity index is 1.96. The van der Waals surface area contributed by atoms with Crippen LogP contribution >= 0.6 is 0 Å². The number of fused-ring (bicyclic) bond motifs is 3. The van der Waals surface area contributed by atoms with E-state index in [0.29, 0.717) is 18.3 Å². The topological polar surface area (TPSA) is 77.8 Å². The fraction of sp³-hybridized carbons (Fsp3) is 0.850. The van der Waals surface area contributed by atoms with E-state index in [9.17, 15) is 15.0 Å². The highest BCUT2D eigenvalue weighted by Crippen LogP contribution is 2.64. The third-order valence-corrected chi connectivity index (χ3v) is 7.96. The molecule has 0 unspecified atom stereocenters. The molecule has 24 heavy (non-hydrogen) atoms. The molecule has 0 bridgehead atoms. The van der Waals surface area contributed by atoms with Gasteiger partial charge in [-0.1, -0.05) is 33.3 Å². The van der Waals surface area contributed by atoms with Crippen LogP contribution in [-0.2, 0) is 4.79 Å². The van der Waals surface area contributed by atoms with E-state index >= 15 is 0 Å². The van der Waals surface area contributed by atoms with Crippen LogP contribution in [0.2, 0.25) is 0 Å². The third-order valence-electron chi connectivity index (χ3n) is 7.96. The van der Waals surface area contributed by atoms with Crippen molar-refractivity contribution >= 4 is 5.97 Å². The normalized spacial score (nSPS) is 49.3. The monoisotopic (exact) mass is 336 g/mol. The summed E-state index contributed by atoms with van der Waals surface area (Å²) in [7, 11) is 0. The lowest BCUT2D eigenvalue weighted by Gasteiger charge is -2.64. The average molecular weight is 336 g/mol. The van der Waals surface area contributed by atoms with Gasteiger partial charge in [0.1, 0.15) is 0 Å². The van der Waals surface area contributed by atoms with E-state index in [1.165, 1.54) is 6.08 Å². The van der Waals surface area contributed by atoms with Crippen LogP contribution in [0, 0.1) is 34.5 Å². The molecule has 0 aromatic rings. The van der Waals surface area contributed by atoms with E-state index in [4.69, 9.17) is 5.11 Å². The van der Waals surface area contributed by atoms with Crippen LogP contribution in [-0.4, -0.2) is 33.5 Å². The van der Waals surface area contributed by atoms with E-state index in [0.717, 1.165) is 31.3 Å². The molecule has 3 aliphatic carbocycles. The lowest BCUT2D eigenvalue weighted by Crippen LogP contribution is -2.61. The minimum Gasteiger partial charge on any atom is -0.478 e. The van der Waals surface area contributed by atoms with Gasteiger partial charge < -0.3 is 15.3 Å². The Hall–Kier alpha value is -0.870. The summed E-state index contributed by atoms with van der Waals surface area (Å²) < 4.78 is 0. The third kappa shape index (κ3) is 2.53. The highest BCUT2D eigenvalue weighted by molar-refractivity contribution is 5.80. The van der Waals surface area contributed by atoms with Crippen LogP contribution in [0.3, 0.4) is 0 Å². The quantitative estimate of drug-likeness (QED) is 0.643. The highest BCUT2D eigenvalue weighted by Gasteiger charge is 2.60. The molecule has 4 heteroatoms. The van der Waals surface area contributed by atoms with Crippen molar-refractivity contribution in [3.8, 4) is 0 Å². The number of rotatable bonds is 1. The number of aliphatic hydroxyl groups excluding tert-OH is 2. The molecule has 0 aliphatic heterocycles. The van der Waals surface area contributed by atoms with Crippen LogP contribution in [0.1, 0.15) is 59.8 Å². The van der Waals surface area contributed by atoms with Crippen LogP contribution in [0.4, 0.5) is 0 Å². The van der Waals surface area contributed by atoms with Crippen molar-refractivity contribution in [3.63, 3.8) is 0 Å². The fourth-order valence-electron chi connectivity index (χ4n) is 6.56. The van der Waals surface area contributed by atoms with Crippen molar-refractivity contribution in [2.75, 3.05) is 0 Å². The summed E-state index contributed by atoms with van der Waals surface area (Å²) in [6.45, 7) is 8.73. The van der Waals surface area contributed by atoms with Gasteiger partial charge in [0, 0.05) is 6.08 Å². The SMILES string of the molecule is C[C@H]1/C(=C/C(=O)O)CC[C@H]2[C@H]1[C@@H](O)C[C@H]1C(C)(C)[C@@H](O)CC[C@]21C. The first-order chi connectivity index (χ1) is 11.1. The molecule has 3 saturated carbocycles. The number of carboxylic acids is 1. The lowest BCUT2D eigenvalue weighted by molar-refractivity contribution is -0.190. The number of hydrogen-bond acceptors (Lipinski definition) is 3. The number of hydrogen-bond donors (Lipinski definition) is 3. The maximum atomic E-state index is 11.1. The standard InChI is InChI=1S/C20H32O4/c1-11-12(9-17(23)24)5-6-13-18(11)14(21)10-15-19(2,3)16(22)7-8-20(13,15)4/h9,11,13-16,18,21-22H,5-8,10H2,1-4H3,(H,23,24)/b12-9+/t11-,13-,14-,15-,16-,18-,20+/m0/s1. The molecule has 0 spiro atoms. The molecule has 0 aromatic carbocycles. The molecule has 4 nitrogen and oxygen atoms in total. The van der Waals surface area contributed by atoms with Gasteiger partial charge in [-0.2, -0.15) is 0 Å². The second-order valence-corrected chi connectivity index (χ2v) is 9.31. The Bertz CT molecular complexity index is 552.